The smallest absolute Gasteiger partial charge is 0.115 e. The molecule has 3 rings (SSSR count). The van der Waals surface area contributed by atoms with Gasteiger partial charge in [0.15, 0.2) is 0 Å². The summed E-state index contributed by atoms with van der Waals surface area (Å²) in [7, 11) is 0. The van der Waals surface area contributed by atoms with E-state index in [-0.39, 0.29) is 0 Å². The highest BCUT2D eigenvalue weighted by Gasteiger charge is 2.16. The Kier molecular flexibility index (Phi) is 4.46. The van der Waals surface area contributed by atoms with Crippen LogP contribution in [0.5, 0.6) is 0 Å². The second kappa shape index (κ2) is 6.17. The van der Waals surface area contributed by atoms with Gasteiger partial charge < -0.3 is 0 Å². The number of rotatable bonds is 3. The number of benzene rings is 2. The van der Waals surface area contributed by atoms with Crippen molar-refractivity contribution in [2.45, 2.75) is 6.42 Å². The number of aromatic nitrogens is 2. The Morgan fingerprint density at radius 2 is 1.90 bits per heavy atom. The van der Waals surface area contributed by atoms with Gasteiger partial charge in [-0.05, 0) is 30.3 Å². The summed E-state index contributed by atoms with van der Waals surface area (Å²) < 4.78 is 2.96. The van der Waals surface area contributed by atoms with Gasteiger partial charge in [-0.2, -0.15) is 0 Å². The molecule has 0 bridgehead atoms. The molecular weight excluding hydrogens is 394 g/mol. The maximum absolute atomic E-state index is 6.36. The van der Waals surface area contributed by atoms with Crippen LogP contribution >= 0.6 is 50.7 Å². The van der Waals surface area contributed by atoms with Gasteiger partial charge in [0.25, 0.3) is 0 Å². The van der Waals surface area contributed by atoms with E-state index >= 15 is 0 Å². The van der Waals surface area contributed by atoms with E-state index in [4.69, 9.17) is 34.8 Å². The summed E-state index contributed by atoms with van der Waals surface area (Å²) in [6.07, 6.45) is 0.634. The first kappa shape index (κ1) is 15.2. The van der Waals surface area contributed by atoms with Gasteiger partial charge in [0.2, 0.25) is 0 Å². The first-order valence-electron chi connectivity index (χ1n) is 6.29. The molecule has 1 aromatic heterocycles. The molecule has 0 amide bonds. The molecule has 0 aliphatic rings. The molecule has 0 saturated carbocycles. The van der Waals surface area contributed by atoms with Crippen molar-refractivity contribution in [3.8, 4) is 5.69 Å². The van der Waals surface area contributed by atoms with Crippen LogP contribution in [0.15, 0.2) is 40.9 Å². The Hall–Kier alpha value is -0.740. The standard InChI is InChI=1S/C15H10BrCl3N2/c16-9-4-5-10(18)13(8-9)21-12-3-1-2-11(19)15(12)20-14(21)6-7-17/h1-5,8H,6-7H2. The predicted molar refractivity (Wildman–Crippen MR) is 93.2 cm³/mol. The molecule has 0 spiro atoms. The lowest BCUT2D eigenvalue weighted by Crippen LogP contribution is -2.03. The number of aryl methyl sites for hydroxylation is 1. The Labute approximate surface area is 145 Å². The Morgan fingerprint density at radius 3 is 2.67 bits per heavy atom. The SMILES string of the molecule is ClCCc1nc2c(Cl)cccc2n1-c1cc(Br)ccc1Cl. The van der Waals surface area contributed by atoms with E-state index in [1.165, 1.54) is 0 Å². The first-order valence-corrected chi connectivity index (χ1v) is 8.37. The molecule has 21 heavy (non-hydrogen) atoms. The van der Waals surface area contributed by atoms with E-state index in [1.54, 1.807) is 0 Å². The third kappa shape index (κ3) is 2.80. The van der Waals surface area contributed by atoms with Crippen molar-refractivity contribution in [3.63, 3.8) is 0 Å². The van der Waals surface area contributed by atoms with Crippen molar-refractivity contribution in [2.24, 2.45) is 0 Å². The Bertz CT molecular complexity index is 814. The van der Waals surface area contributed by atoms with Crippen LogP contribution in [0.25, 0.3) is 16.7 Å². The van der Waals surface area contributed by atoms with Gasteiger partial charge >= 0.3 is 0 Å². The molecule has 0 saturated heterocycles. The zero-order valence-electron chi connectivity index (χ0n) is 10.8. The Morgan fingerprint density at radius 1 is 1.10 bits per heavy atom. The van der Waals surface area contributed by atoms with Crippen LogP contribution in [-0.2, 0) is 6.42 Å². The number of hydrogen-bond acceptors (Lipinski definition) is 1. The number of halogens is 4. The van der Waals surface area contributed by atoms with Crippen molar-refractivity contribution in [2.75, 3.05) is 5.88 Å². The van der Waals surface area contributed by atoms with Crippen LogP contribution in [0.1, 0.15) is 5.82 Å². The van der Waals surface area contributed by atoms with E-state index in [1.807, 2.05) is 41.0 Å². The average Bonchev–Trinajstić information content (AvgIpc) is 2.82. The summed E-state index contributed by atoms with van der Waals surface area (Å²) in [6, 6.07) is 11.4. The maximum atomic E-state index is 6.36. The second-order valence-electron chi connectivity index (χ2n) is 4.51. The number of para-hydroxylation sites is 1. The van der Waals surface area contributed by atoms with E-state index in [2.05, 4.69) is 20.9 Å². The highest BCUT2D eigenvalue weighted by molar-refractivity contribution is 9.10. The predicted octanol–water partition coefficient (Wildman–Crippen LogP) is 5.88. The van der Waals surface area contributed by atoms with Gasteiger partial charge in [-0.1, -0.05) is 45.2 Å². The van der Waals surface area contributed by atoms with Crippen LogP contribution in [-0.4, -0.2) is 15.4 Å². The van der Waals surface area contributed by atoms with Gasteiger partial charge in [0.05, 0.1) is 21.2 Å². The van der Waals surface area contributed by atoms with E-state index < -0.39 is 0 Å². The van der Waals surface area contributed by atoms with Crippen LogP contribution in [0.4, 0.5) is 0 Å². The lowest BCUT2D eigenvalue weighted by atomic mass is 10.2. The number of nitrogens with zero attached hydrogens (tertiary/aromatic N) is 2. The fourth-order valence-corrected chi connectivity index (χ4v) is 3.22. The molecule has 0 radical (unpaired) electrons. The maximum Gasteiger partial charge on any atom is 0.115 e. The lowest BCUT2D eigenvalue weighted by molar-refractivity contribution is 0.912. The third-order valence-corrected chi connectivity index (χ3v) is 4.48. The normalized spacial score (nSPS) is 11.2. The molecule has 2 nitrogen and oxygen atoms in total. The third-order valence-electron chi connectivity index (χ3n) is 3.17. The zero-order chi connectivity index (χ0) is 15.0. The van der Waals surface area contributed by atoms with Gasteiger partial charge in [0, 0.05) is 16.8 Å². The van der Waals surface area contributed by atoms with Crippen molar-refractivity contribution < 1.29 is 0 Å². The van der Waals surface area contributed by atoms with Crippen LogP contribution in [0, 0.1) is 0 Å². The van der Waals surface area contributed by atoms with Crippen molar-refractivity contribution in [1.29, 1.82) is 0 Å². The minimum Gasteiger partial charge on any atom is -0.295 e. The minimum absolute atomic E-state index is 0.479. The summed E-state index contributed by atoms with van der Waals surface area (Å²) in [6.45, 7) is 0. The monoisotopic (exact) mass is 402 g/mol. The summed E-state index contributed by atoms with van der Waals surface area (Å²) in [5.74, 6) is 1.32. The van der Waals surface area contributed by atoms with E-state index in [0.717, 1.165) is 27.0 Å². The van der Waals surface area contributed by atoms with Crippen molar-refractivity contribution in [1.82, 2.24) is 9.55 Å². The van der Waals surface area contributed by atoms with Crippen LogP contribution < -0.4 is 0 Å². The molecule has 3 aromatic rings. The van der Waals surface area contributed by atoms with Crippen LogP contribution in [0.2, 0.25) is 10.0 Å². The molecule has 0 fully saturated rings. The molecule has 0 aliphatic heterocycles. The van der Waals surface area contributed by atoms with E-state index in [9.17, 15) is 0 Å². The highest BCUT2D eigenvalue weighted by Crippen LogP contribution is 2.32. The molecule has 1 heterocycles. The Balaban J connectivity index is 2.36. The molecular formula is C15H10BrCl3N2. The fraction of sp³-hybridized carbons (Fsp3) is 0.133. The average molecular weight is 405 g/mol. The molecule has 0 aliphatic carbocycles. The van der Waals surface area contributed by atoms with Gasteiger partial charge in [0.1, 0.15) is 11.3 Å². The molecule has 2 aromatic carbocycles. The number of hydrogen-bond donors (Lipinski definition) is 0. The fourth-order valence-electron chi connectivity index (χ4n) is 2.29. The van der Waals surface area contributed by atoms with Gasteiger partial charge in [-0.15, -0.1) is 11.6 Å². The van der Waals surface area contributed by atoms with E-state index in [0.29, 0.717) is 22.3 Å². The van der Waals surface area contributed by atoms with Crippen molar-refractivity contribution in [3.05, 3.63) is 56.7 Å². The second-order valence-corrected chi connectivity index (χ2v) is 6.61. The molecule has 0 atom stereocenters. The topological polar surface area (TPSA) is 17.8 Å². The first-order chi connectivity index (χ1) is 10.1. The van der Waals surface area contributed by atoms with Gasteiger partial charge in [-0.25, -0.2) is 4.98 Å². The quantitative estimate of drug-likeness (QED) is 0.499. The summed E-state index contributed by atoms with van der Waals surface area (Å²) >= 11 is 22.0. The molecule has 0 unspecified atom stereocenters. The molecule has 108 valence electrons. The van der Waals surface area contributed by atoms with Crippen LogP contribution in [0.3, 0.4) is 0 Å². The summed E-state index contributed by atoms with van der Waals surface area (Å²) in [5, 5.41) is 1.27. The minimum atomic E-state index is 0.479. The summed E-state index contributed by atoms with van der Waals surface area (Å²) in [4.78, 5) is 4.62. The van der Waals surface area contributed by atoms with Gasteiger partial charge in [-0.3, -0.25) is 4.57 Å². The summed E-state index contributed by atoms with van der Waals surface area (Å²) in [5.41, 5.74) is 2.54. The largest absolute Gasteiger partial charge is 0.295 e. The molecule has 6 heteroatoms. The zero-order valence-corrected chi connectivity index (χ0v) is 14.6. The number of alkyl halides is 1. The number of fused-ring (bicyclic) bond motifs is 1. The highest BCUT2D eigenvalue weighted by atomic mass is 79.9. The molecule has 0 N–H and O–H groups in total. The van der Waals surface area contributed by atoms with Crippen molar-refractivity contribution >= 4 is 61.8 Å². The number of imidazole rings is 1. The lowest BCUT2D eigenvalue weighted by Gasteiger charge is -2.11.